The number of esters is 1. The number of rotatable bonds is 7. The number of amides is 1. The van der Waals surface area contributed by atoms with Crippen molar-refractivity contribution in [3.63, 3.8) is 0 Å². The summed E-state index contributed by atoms with van der Waals surface area (Å²) in [6.07, 6.45) is 4.27. The normalized spacial score (nSPS) is 17.6. The molecule has 0 saturated heterocycles. The highest BCUT2D eigenvalue weighted by molar-refractivity contribution is 5.87. The SMILES string of the molecule is CC(C)CCNC(=O)COC(=O)C1(c2ccc3c(c2)OCCO3)CCCC1. The second-order valence-electron chi connectivity index (χ2n) is 7.76. The number of carbonyl (C=O) groups excluding carboxylic acids is 2. The summed E-state index contributed by atoms with van der Waals surface area (Å²) < 4.78 is 16.7. The summed E-state index contributed by atoms with van der Waals surface area (Å²) in [5, 5.41) is 2.80. The fourth-order valence-electron chi connectivity index (χ4n) is 3.75. The van der Waals surface area contributed by atoms with Gasteiger partial charge >= 0.3 is 5.97 Å². The molecule has 6 nitrogen and oxygen atoms in total. The number of carbonyl (C=O) groups is 2. The molecule has 0 bridgehead atoms. The Labute approximate surface area is 160 Å². The number of hydrogen-bond donors (Lipinski definition) is 1. The van der Waals surface area contributed by atoms with Crippen LogP contribution in [-0.2, 0) is 19.7 Å². The molecule has 6 heteroatoms. The molecule has 27 heavy (non-hydrogen) atoms. The van der Waals surface area contributed by atoms with Crippen LogP contribution in [0, 0.1) is 5.92 Å². The zero-order valence-electron chi connectivity index (χ0n) is 16.2. The van der Waals surface area contributed by atoms with E-state index < -0.39 is 5.41 Å². The highest BCUT2D eigenvalue weighted by Crippen LogP contribution is 2.45. The van der Waals surface area contributed by atoms with E-state index in [-0.39, 0.29) is 18.5 Å². The minimum Gasteiger partial charge on any atom is -0.486 e. The summed E-state index contributed by atoms with van der Waals surface area (Å²) in [6, 6.07) is 5.67. The first-order valence-electron chi connectivity index (χ1n) is 9.85. The lowest BCUT2D eigenvalue weighted by Crippen LogP contribution is -2.38. The molecule has 1 N–H and O–H groups in total. The molecular formula is C21H29NO5. The largest absolute Gasteiger partial charge is 0.486 e. The van der Waals surface area contributed by atoms with Crippen LogP contribution in [-0.4, -0.2) is 38.2 Å². The first-order valence-corrected chi connectivity index (χ1v) is 9.85. The fraction of sp³-hybridized carbons (Fsp3) is 0.619. The number of nitrogens with one attached hydrogen (secondary N) is 1. The fourth-order valence-corrected chi connectivity index (χ4v) is 3.75. The van der Waals surface area contributed by atoms with E-state index in [9.17, 15) is 9.59 Å². The lowest BCUT2D eigenvalue weighted by atomic mass is 9.78. The van der Waals surface area contributed by atoms with Gasteiger partial charge in [-0.05, 0) is 42.9 Å². The van der Waals surface area contributed by atoms with Gasteiger partial charge in [0.05, 0.1) is 5.41 Å². The predicted molar refractivity (Wildman–Crippen MR) is 101 cm³/mol. The van der Waals surface area contributed by atoms with E-state index in [0.29, 0.717) is 37.2 Å². The number of fused-ring (bicyclic) bond motifs is 1. The molecule has 1 saturated carbocycles. The Kier molecular flexibility index (Phi) is 6.24. The number of ether oxygens (including phenoxy) is 3. The molecule has 1 amide bonds. The molecule has 0 radical (unpaired) electrons. The van der Waals surface area contributed by atoms with Crippen LogP contribution in [0.4, 0.5) is 0 Å². The summed E-state index contributed by atoms with van der Waals surface area (Å²) in [4.78, 5) is 24.9. The van der Waals surface area contributed by atoms with E-state index >= 15 is 0 Å². The van der Waals surface area contributed by atoms with Gasteiger partial charge in [-0.2, -0.15) is 0 Å². The standard InChI is InChI=1S/C21H29NO5/c1-15(2)7-10-22-19(23)14-27-20(24)21(8-3-4-9-21)16-5-6-17-18(13-16)26-12-11-25-17/h5-6,13,15H,3-4,7-12,14H2,1-2H3,(H,22,23). The second-order valence-corrected chi connectivity index (χ2v) is 7.76. The third-order valence-corrected chi connectivity index (χ3v) is 5.32. The van der Waals surface area contributed by atoms with Gasteiger partial charge in [0.15, 0.2) is 18.1 Å². The Morgan fingerprint density at radius 1 is 1.15 bits per heavy atom. The molecule has 1 aliphatic heterocycles. The maximum Gasteiger partial charge on any atom is 0.317 e. The van der Waals surface area contributed by atoms with E-state index in [0.717, 1.165) is 37.7 Å². The highest BCUT2D eigenvalue weighted by atomic mass is 16.6. The monoisotopic (exact) mass is 375 g/mol. The molecule has 0 spiro atoms. The Hall–Kier alpha value is -2.24. The average molecular weight is 375 g/mol. The summed E-state index contributed by atoms with van der Waals surface area (Å²) in [7, 11) is 0. The Morgan fingerprint density at radius 3 is 2.56 bits per heavy atom. The van der Waals surface area contributed by atoms with Crippen LogP contribution in [0.15, 0.2) is 18.2 Å². The summed E-state index contributed by atoms with van der Waals surface area (Å²) >= 11 is 0. The zero-order valence-corrected chi connectivity index (χ0v) is 16.2. The van der Waals surface area contributed by atoms with Crippen LogP contribution in [0.5, 0.6) is 11.5 Å². The quantitative estimate of drug-likeness (QED) is 0.742. The van der Waals surface area contributed by atoms with Crippen LogP contribution >= 0.6 is 0 Å². The van der Waals surface area contributed by atoms with Gasteiger partial charge in [0.25, 0.3) is 5.91 Å². The van der Waals surface area contributed by atoms with E-state index in [2.05, 4.69) is 19.2 Å². The minimum absolute atomic E-state index is 0.233. The van der Waals surface area contributed by atoms with Crippen molar-refractivity contribution < 1.29 is 23.8 Å². The molecule has 1 fully saturated rings. The van der Waals surface area contributed by atoms with Crippen molar-refractivity contribution in [1.29, 1.82) is 0 Å². The van der Waals surface area contributed by atoms with Gasteiger partial charge in [-0.1, -0.05) is 32.8 Å². The van der Waals surface area contributed by atoms with Crippen molar-refractivity contribution in [2.45, 2.75) is 51.4 Å². The van der Waals surface area contributed by atoms with Crippen LogP contribution in [0.2, 0.25) is 0 Å². The third kappa shape index (κ3) is 4.54. The van der Waals surface area contributed by atoms with Crippen LogP contribution in [0.25, 0.3) is 0 Å². The smallest absolute Gasteiger partial charge is 0.317 e. The van der Waals surface area contributed by atoms with Gasteiger partial charge in [-0.15, -0.1) is 0 Å². The molecular weight excluding hydrogens is 346 g/mol. The van der Waals surface area contributed by atoms with E-state index in [1.54, 1.807) is 0 Å². The van der Waals surface area contributed by atoms with Crippen LogP contribution in [0.3, 0.4) is 0 Å². The van der Waals surface area contributed by atoms with Crippen molar-refractivity contribution in [3.8, 4) is 11.5 Å². The van der Waals surface area contributed by atoms with Crippen LogP contribution < -0.4 is 14.8 Å². The Morgan fingerprint density at radius 2 is 1.85 bits per heavy atom. The Bertz CT molecular complexity index is 679. The molecule has 1 aromatic rings. The van der Waals surface area contributed by atoms with Gasteiger partial charge in [-0.25, -0.2) is 0 Å². The first kappa shape index (κ1) is 19.5. The van der Waals surface area contributed by atoms with E-state index in [1.807, 2.05) is 18.2 Å². The van der Waals surface area contributed by atoms with Gasteiger partial charge in [0.1, 0.15) is 13.2 Å². The lowest BCUT2D eigenvalue weighted by molar-refractivity contribution is -0.154. The van der Waals surface area contributed by atoms with Gasteiger partial charge in [-0.3, -0.25) is 9.59 Å². The summed E-state index contributed by atoms with van der Waals surface area (Å²) in [5.74, 6) is 1.32. The zero-order chi connectivity index (χ0) is 19.3. The van der Waals surface area contributed by atoms with E-state index in [1.165, 1.54) is 0 Å². The van der Waals surface area contributed by atoms with Gasteiger partial charge in [0, 0.05) is 6.54 Å². The molecule has 148 valence electrons. The molecule has 2 aliphatic rings. The molecule has 0 unspecified atom stereocenters. The van der Waals surface area contributed by atoms with Crippen molar-refractivity contribution in [1.82, 2.24) is 5.32 Å². The van der Waals surface area contributed by atoms with Crippen molar-refractivity contribution in [2.24, 2.45) is 5.92 Å². The van der Waals surface area contributed by atoms with Gasteiger partial charge in [0.2, 0.25) is 0 Å². The van der Waals surface area contributed by atoms with E-state index in [4.69, 9.17) is 14.2 Å². The minimum atomic E-state index is -0.700. The molecule has 3 rings (SSSR count). The molecule has 1 heterocycles. The predicted octanol–water partition coefficient (Wildman–Crippen LogP) is 2.98. The highest BCUT2D eigenvalue weighted by Gasteiger charge is 2.45. The second kappa shape index (κ2) is 8.63. The van der Waals surface area contributed by atoms with Crippen molar-refractivity contribution in [3.05, 3.63) is 23.8 Å². The van der Waals surface area contributed by atoms with Gasteiger partial charge < -0.3 is 19.5 Å². The maximum atomic E-state index is 12.9. The lowest BCUT2D eigenvalue weighted by Gasteiger charge is -2.28. The summed E-state index contributed by atoms with van der Waals surface area (Å²) in [5.41, 5.74) is 0.183. The third-order valence-electron chi connectivity index (χ3n) is 5.32. The molecule has 1 aliphatic carbocycles. The maximum absolute atomic E-state index is 12.9. The molecule has 0 atom stereocenters. The average Bonchev–Trinajstić information content (AvgIpc) is 3.16. The number of hydrogen-bond acceptors (Lipinski definition) is 5. The first-order chi connectivity index (χ1) is 13.0. The topological polar surface area (TPSA) is 73.9 Å². The number of benzene rings is 1. The Balaban J connectivity index is 1.65. The van der Waals surface area contributed by atoms with Crippen molar-refractivity contribution in [2.75, 3.05) is 26.4 Å². The molecule has 1 aromatic carbocycles. The van der Waals surface area contributed by atoms with Crippen LogP contribution in [0.1, 0.15) is 51.5 Å². The summed E-state index contributed by atoms with van der Waals surface area (Å²) in [6.45, 7) is 5.60. The molecule has 0 aromatic heterocycles. The van der Waals surface area contributed by atoms with Crippen molar-refractivity contribution >= 4 is 11.9 Å².